The van der Waals surface area contributed by atoms with Gasteiger partial charge in [-0.15, -0.1) is 0 Å². The van der Waals surface area contributed by atoms with Gasteiger partial charge in [-0.25, -0.2) is 0 Å². The van der Waals surface area contributed by atoms with E-state index in [-0.39, 0.29) is 5.91 Å². The van der Waals surface area contributed by atoms with Crippen molar-refractivity contribution in [3.63, 3.8) is 0 Å². The van der Waals surface area contributed by atoms with E-state index in [4.69, 9.17) is 0 Å². The van der Waals surface area contributed by atoms with E-state index in [2.05, 4.69) is 20.1 Å². The Hall–Kier alpha value is -2.37. The van der Waals surface area contributed by atoms with Crippen molar-refractivity contribution < 1.29 is 4.79 Å². The number of nitrogens with zero attached hydrogens (tertiary/aromatic N) is 4. The zero-order valence-corrected chi connectivity index (χ0v) is 12.3. The number of aromatic nitrogens is 3. The SMILES string of the molecule is Cc1n[nH]c(C)c1N1CCN(C(=O)c2ccncc2)CC1. The summed E-state index contributed by atoms with van der Waals surface area (Å²) in [5, 5.41) is 7.25. The van der Waals surface area contributed by atoms with E-state index in [9.17, 15) is 4.79 Å². The first-order chi connectivity index (χ1) is 10.2. The summed E-state index contributed by atoms with van der Waals surface area (Å²) in [6.45, 7) is 7.16. The fourth-order valence-electron chi connectivity index (χ4n) is 2.82. The number of H-pyrrole nitrogens is 1. The number of hydrogen-bond donors (Lipinski definition) is 1. The standard InChI is InChI=1S/C15H19N5O/c1-11-14(12(2)18-17-11)19-7-9-20(10-8-19)15(21)13-3-5-16-6-4-13/h3-6H,7-10H2,1-2H3,(H,17,18). The number of pyridine rings is 1. The summed E-state index contributed by atoms with van der Waals surface area (Å²) in [6.07, 6.45) is 3.31. The molecule has 0 bridgehead atoms. The van der Waals surface area contributed by atoms with Crippen LogP contribution in [0.15, 0.2) is 24.5 Å². The van der Waals surface area contributed by atoms with Crippen LogP contribution < -0.4 is 4.90 Å². The van der Waals surface area contributed by atoms with Gasteiger partial charge in [0.25, 0.3) is 5.91 Å². The van der Waals surface area contributed by atoms with E-state index in [1.165, 1.54) is 5.69 Å². The Bertz CT molecular complexity index is 609. The van der Waals surface area contributed by atoms with Crippen LogP contribution in [0.25, 0.3) is 0 Å². The van der Waals surface area contributed by atoms with E-state index in [0.717, 1.165) is 37.6 Å². The second-order valence-corrected chi connectivity index (χ2v) is 5.30. The van der Waals surface area contributed by atoms with Crippen molar-refractivity contribution >= 4 is 11.6 Å². The fourth-order valence-corrected chi connectivity index (χ4v) is 2.82. The summed E-state index contributed by atoms with van der Waals surface area (Å²) >= 11 is 0. The van der Waals surface area contributed by atoms with Crippen LogP contribution in [0, 0.1) is 13.8 Å². The fraction of sp³-hybridized carbons (Fsp3) is 0.400. The molecule has 3 heterocycles. The third kappa shape index (κ3) is 2.61. The van der Waals surface area contributed by atoms with E-state index >= 15 is 0 Å². The molecule has 0 saturated carbocycles. The molecule has 1 amide bonds. The van der Waals surface area contributed by atoms with Gasteiger partial charge in [-0.3, -0.25) is 14.9 Å². The third-order valence-corrected chi connectivity index (χ3v) is 3.90. The molecule has 0 aliphatic carbocycles. The topological polar surface area (TPSA) is 65.1 Å². The molecule has 1 fully saturated rings. The van der Waals surface area contributed by atoms with E-state index < -0.39 is 0 Å². The minimum Gasteiger partial charge on any atom is -0.365 e. The van der Waals surface area contributed by atoms with Gasteiger partial charge in [0.2, 0.25) is 0 Å². The van der Waals surface area contributed by atoms with Crippen LogP contribution >= 0.6 is 0 Å². The molecule has 1 aliphatic rings. The normalized spacial score (nSPS) is 15.3. The minimum atomic E-state index is 0.0812. The van der Waals surface area contributed by atoms with Gasteiger partial charge in [0.05, 0.1) is 17.1 Å². The summed E-state index contributed by atoms with van der Waals surface area (Å²) in [6, 6.07) is 3.53. The van der Waals surface area contributed by atoms with Gasteiger partial charge in [0.1, 0.15) is 0 Å². The quantitative estimate of drug-likeness (QED) is 0.905. The monoisotopic (exact) mass is 285 g/mol. The van der Waals surface area contributed by atoms with Crippen molar-refractivity contribution in [1.29, 1.82) is 0 Å². The molecule has 0 radical (unpaired) electrons. The molecule has 1 saturated heterocycles. The summed E-state index contributed by atoms with van der Waals surface area (Å²) < 4.78 is 0. The summed E-state index contributed by atoms with van der Waals surface area (Å²) in [5.74, 6) is 0.0812. The smallest absolute Gasteiger partial charge is 0.254 e. The van der Waals surface area contributed by atoms with Gasteiger partial charge in [-0.05, 0) is 26.0 Å². The number of aryl methyl sites for hydroxylation is 2. The predicted octanol–water partition coefficient (Wildman–Crippen LogP) is 1.38. The zero-order chi connectivity index (χ0) is 14.8. The highest BCUT2D eigenvalue weighted by Crippen LogP contribution is 2.23. The Balaban J connectivity index is 1.67. The highest BCUT2D eigenvalue weighted by Gasteiger charge is 2.24. The molecule has 1 aliphatic heterocycles. The molecule has 2 aromatic rings. The number of amides is 1. The highest BCUT2D eigenvalue weighted by molar-refractivity contribution is 5.94. The summed E-state index contributed by atoms with van der Waals surface area (Å²) in [7, 11) is 0. The third-order valence-electron chi connectivity index (χ3n) is 3.90. The number of carbonyl (C=O) groups excluding carboxylic acids is 1. The van der Waals surface area contributed by atoms with Crippen molar-refractivity contribution in [1.82, 2.24) is 20.1 Å². The molecular formula is C15H19N5O. The lowest BCUT2D eigenvalue weighted by Crippen LogP contribution is -2.49. The molecular weight excluding hydrogens is 266 g/mol. The molecule has 0 spiro atoms. The number of carbonyl (C=O) groups is 1. The summed E-state index contributed by atoms with van der Waals surface area (Å²) in [4.78, 5) is 20.5. The minimum absolute atomic E-state index is 0.0812. The first kappa shape index (κ1) is 13.6. The highest BCUT2D eigenvalue weighted by atomic mass is 16.2. The average molecular weight is 285 g/mol. The van der Waals surface area contributed by atoms with Gasteiger partial charge in [-0.2, -0.15) is 5.10 Å². The van der Waals surface area contributed by atoms with E-state index in [1.54, 1.807) is 24.5 Å². The van der Waals surface area contributed by atoms with Gasteiger partial charge in [-0.1, -0.05) is 0 Å². The summed E-state index contributed by atoms with van der Waals surface area (Å²) in [5.41, 5.74) is 3.97. The molecule has 1 N–H and O–H groups in total. The van der Waals surface area contributed by atoms with Crippen molar-refractivity contribution in [2.45, 2.75) is 13.8 Å². The number of hydrogen-bond acceptors (Lipinski definition) is 4. The van der Waals surface area contributed by atoms with Crippen LogP contribution in [0.3, 0.4) is 0 Å². The average Bonchev–Trinajstić information content (AvgIpc) is 2.87. The van der Waals surface area contributed by atoms with Crippen LogP contribution in [-0.2, 0) is 0 Å². The number of nitrogens with one attached hydrogen (secondary N) is 1. The van der Waals surface area contributed by atoms with Gasteiger partial charge in [0.15, 0.2) is 0 Å². The Morgan fingerprint density at radius 3 is 2.38 bits per heavy atom. The molecule has 3 rings (SSSR count). The molecule has 0 atom stereocenters. The van der Waals surface area contributed by atoms with E-state index in [1.807, 2.05) is 18.7 Å². The molecule has 2 aromatic heterocycles. The lowest BCUT2D eigenvalue weighted by Gasteiger charge is -2.36. The number of piperazine rings is 1. The maximum Gasteiger partial charge on any atom is 0.254 e. The number of rotatable bonds is 2. The van der Waals surface area contributed by atoms with Crippen molar-refractivity contribution in [3.8, 4) is 0 Å². The predicted molar refractivity (Wildman–Crippen MR) is 80.4 cm³/mol. The van der Waals surface area contributed by atoms with Crippen LogP contribution in [0.1, 0.15) is 21.7 Å². The Morgan fingerprint density at radius 1 is 1.14 bits per heavy atom. The number of aromatic amines is 1. The Morgan fingerprint density at radius 2 is 1.81 bits per heavy atom. The molecule has 110 valence electrons. The van der Waals surface area contributed by atoms with Crippen LogP contribution in [0.5, 0.6) is 0 Å². The molecule has 0 unspecified atom stereocenters. The molecule has 0 aromatic carbocycles. The molecule has 6 heteroatoms. The van der Waals surface area contributed by atoms with Crippen molar-refractivity contribution in [3.05, 3.63) is 41.5 Å². The Kier molecular flexibility index (Phi) is 3.60. The van der Waals surface area contributed by atoms with E-state index in [0.29, 0.717) is 5.56 Å². The van der Waals surface area contributed by atoms with Crippen LogP contribution in [0.4, 0.5) is 5.69 Å². The zero-order valence-electron chi connectivity index (χ0n) is 12.3. The lowest BCUT2D eigenvalue weighted by atomic mass is 10.2. The first-order valence-corrected chi connectivity index (χ1v) is 7.12. The molecule has 6 nitrogen and oxygen atoms in total. The maximum absolute atomic E-state index is 12.4. The van der Waals surface area contributed by atoms with Crippen LogP contribution in [0.2, 0.25) is 0 Å². The van der Waals surface area contributed by atoms with Gasteiger partial charge in [0, 0.05) is 44.1 Å². The van der Waals surface area contributed by atoms with Crippen molar-refractivity contribution in [2.75, 3.05) is 31.1 Å². The second-order valence-electron chi connectivity index (χ2n) is 5.30. The largest absolute Gasteiger partial charge is 0.365 e. The van der Waals surface area contributed by atoms with Gasteiger partial charge < -0.3 is 9.80 Å². The second kappa shape index (κ2) is 5.55. The van der Waals surface area contributed by atoms with Gasteiger partial charge >= 0.3 is 0 Å². The van der Waals surface area contributed by atoms with Crippen LogP contribution in [-0.4, -0.2) is 52.2 Å². The maximum atomic E-state index is 12.4. The van der Waals surface area contributed by atoms with Crippen molar-refractivity contribution in [2.24, 2.45) is 0 Å². The first-order valence-electron chi connectivity index (χ1n) is 7.12. The lowest BCUT2D eigenvalue weighted by molar-refractivity contribution is 0.0746. The molecule has 21 heavy (non-hydrogen) atoms. The number of anilines is 1. The Labute approximate surface area is 123 Å².